The molecule has 0 aliphatic rings. The van der Waals surface area contributed by atoms with Crippen LogP contribution in [0.1, 0.15) is 27.2 Å². The highest BCUT2D eigenvalue weighted by Crippen LogP contribution is 2.22. The summed E-state index contributed by atoms with van der Waals surface area (Å²) in [5.41, 5.74) is 0.204. The van der Waals surface area contributed by atoms with Crippen LogP contribution < -0.4 is 10.6 Å². The third-order valence-electron chi connectivity index (χ3n) is 2.16. The van der Waals surface area contributed by atoms with Crippen LogP contribution in [0.2, 0.25) is 10.0 Å². The van der Waals surface area contributed by atoms with Crippen LogP contribution in [0.4, 0.5) is 5.69 Å². The van der Waals surface area contributed by atoms with Gasteiger partial charge in [0.05, 0.1) is 6.42 Å². The molecule has 0 aliphatic carbocycles. The normalized spacial score (nSPS) is 10.9. The fourth-order valence-corrected chi connectivity index (χ4v) is 2.22. The van der Waals surface area contributed by atoms with Crippen LogP contribution in [-0.4, -0.2) is 23.2 Å². The Morgan fingerprint density at radius 3 is 2.33 bits per heavy atom. The van der Waals surface area contributed by atoms with Crippen LogP contribution >= 0.6 is 35.4 Å². The third-order valence-corrected chi connectivity index (χ3v) is 2.84. The number of carbonyl (C=O) groups is 1. The first-order valence-electron chi connectivity index (χ1n) is 6.38. The molecule has 7 heteroatoms. The predicted octanol–water partition coefficient (Wildman–Crippen LogP) is 4.01. The molecule has 1 rings (SSSR count). The Morgan fingerprint density at radius 2 is 1.81 bits per heavy atom. The molecule has 21 heavy (non-hydrogen) atoms. The van der Waals surface area contributed by atoms with Crippen molar-refractivity contribution in [3.05, 3.63) is 28.2 Å². The van der Waals surface area contributed by atoms with Gasteiger partial charge in [0.1, 0.15) is 5.60 Å². The van der Waals surface area contributed by atoms with Crippen molar-refractivity contribution in [2.24, 2.45) is 0 Å². The van der Waals surface area contributed by atoms with Gasteiger partial charge in [0.25, 0.3) is 0 Å². The van der Waals surface area contributed by atoms with Crippen LogP contribution in [0.15, 0.2) is 18.2 Å². The highest BCUT2D eigenvalue weighted by Gasteiger charge is 2.15. The minimum absolute atomic E-state index is 0.232. The van der Waals surface area contributed by atoms with Gasteiger partial charge >= 0.3 is 5.97 Å². The molecule has 0 aliphatic heterocycles. The summed E-state index contributed by atoms with van der Waals surface area (Å²) in [5.74, 6) is -0.274. The van der Waals surface area contributed by atoms with Crippen molar-refractivity contribution in [2.75, 3.05) is 11.9 Å². The Bertz CT molecular complexity index is 510. The van der Waals surface area contributed by atoms with Crippen LogP contribution in [0.25, 0.3) is 0 Å². The minimum Gasteiger partial charge on any atom is -0.460 e. The lowest BCUT2D eigenvalue weighted by atomic mass is 10.2. The summed E-state index contributed by atoms with van der Waals surface area (Å²) in [7, 11) is 0. The van der Waals surface area contributed by atoms with E-state index in [0.29, 0.717) is 27.4 Å². The Kier molecular flexibility index (Phi) is 6.71. The molecule has 2 N–H and O–H groups in total. The van der Waals surface area contributed by atoms with E-state index in [4.69, 9.17) is 40.2 Å². The lowest BCUT2D eigenvalue weighted by Gasteiger charge is -2.19. The molecule has 116 valence electrons. The fourth-order valence-electron chi connectivity index (χ4n) is 1.47. The Balaban J connectivity index is 2.36. The molecule has 1 aromatic rings. The summed E-state index contributed by atoms with van der Waals surface area (Å²) < 4.78 is 5.19. The summed E-state index contributed by atoms with van der Waals surface area (Å²) in [4.78, 5) is 11.5. The Labute approximate surface area is 140 Å². The molecule has 0 heterocycles. The summed E-state index contributed by atoms with van der Waals surface area (Å²) in [6.45, 7) is 5.86. The van der Waals surface area contributed by atoms with Gasteiger partial charge in [-0.1, -0.05) is 23.2 Å². The average molecular weight is 349 g/mol. The van der Waals surface area contributed by atoms with Gasteiger partial charge in [0.15, 0.2) is 5.11 Å². The molecule has 0 spiro atoms. The lowest BCUT2D eigenvalue weighted by molar-refractivity contribution is -0.154. The van der Waals surface area contributed by atoms with E-state index >= 15 is 0 Å². The minimum atomic E-state index is -0.479. The van der Waals surface area contributed by atoms with Crippen molar-refractivity contribution in [1.82, 2.24) is 5.32 Å². The van der Waals surface area contributed by atoms with Crippen molar-refractivity contribution >= 4 is 52.2 Å². The number of ether oxygens (including phenoxy) is 1. The van der Waals surface area contributed by atoms with Gasteiger partial charge in [0.2, 0.25) is 0 Å². The van der Waals surface area contributed by atoms with E-state index in [0.717, 1.165) is 0 Å². The van der Waals surface area contributed by atoms with Crippen LogP contribution in [0.3, 0.4) is 0 Å². The number of anilines is 1. The number of halogens is 2. The van der Waals surface area contributed by atoms with Crippen molar-refractivity contribution in [3.8, 4) is 0 Å². The maximum Gasteiger partial charge on any atom is 0.308 e. The van der Waals surface area contributed by atoms with E-state index in [1.54, 1.807) is 18.2 Å². The Hall–Kier alpha value is -1.04. The summed E-state index contributed by atoms with van der Waals surface area (Å²) in [6.07, 6.45) is 0.232. The van der Waals surface area contributed by atoms with Gasteiger partial charge in [-0.3, -0.25) is 4.79 Å². The van der Waals surface area contributed by atoms with Crippen molar-refractivity contribution < 1.29 is 9.53 Å². The topological polar surface area (TPSA) is 50.4 Å². The summed E-state index contributed by atoms with van der Waals surface area (Å²) in [6, 6.07) is 5.04. The number of hydrogen-bond donors (Lipinski definition) is 2. The number of rotatable bonds is 4. The van der Waals surface area contributed by atoms with Crippen molar-refractivity contribution in [2.45, 2.75) is 32.8 Å². The molecule has 0 unspecified atom stereocenters. The first-order chi connectivity index (χ1) is 9.65. The monoisotopic (exact) mass is 348 g/mol. The molecule has 0 saturated heterocycles. The van der Waals surface area contributed by atoms with Gasteiger partial charge in [-0.25, -0.2) is 0 Å². The highest BCUT2D eigenvalue weighted by molar-refractivity contribution is 7.80. The zero-order valence-corrected chi connectivity index (χ0v) is 14.5. The van der Waals surface area contributed by atoms with Gasteiger partial charge in [-0.2, -0.15) is 0 Å². The number of benzene rings is 1. The van der Waals surface area contributed by atoms with Gasteiger partial charge in [-0.05, 0) is 51.2 Å². The van der Waals surface area contributed by atoms with Crippen LogP contribution in [-0.2, 0) is 9.53 Å². The van der Waals surface area contributed by atoms with Gasteiger partial charge in [0, 0.05) is 22.3 Å². The molecule has 1 aromatic carbocycles. The lowest BCUT2D eigenvalue weighted by Crippen LogP contribution is -2.32. The standard InChI is InChI=1S/C14H18Cl2N2O2S/c1-14(2,3)20-12(19)4-5-17-13(21)18-11-7-9(15)6-10(16)8-11/h6-8H,4-5H2,1-3H3,(H2,17,18,21). The van der Waals surface area contributed by atoms with Crippen LogP contribution in [0.5, 0.6) is 0 Å². The molecule has 0 fully saturated rings. The molecule has 0 atom stereocenters. The zero-order chi connectivity index (χ0) is 16.0. The number of carbonyl (C=O) groups excluding carboxylic acids is 1. The van der Waals surface area contributed by atoms with E-state index in [9.17, 15) is 4.79 Å². The smallest absolute Gasteiger partial charge is 0.308 e. The SMILES string of the molecule is CC(C)(C)OC(=O)CCNC(=S)Nc1cc(Cl)cc(Cl)c1. The zero-order valence-electron chi connectivity index (χ0n) is 12.1. The van der Waals surface area contributed by atoms with E-state index in [1.165, 1.54) is 0 Å². The molecule has 4 nitrogen and oxygen atoms in total. The number of hydrogen-bond acceptors (Lipinski definition) is 3. The van der Waals surface area contributed by atoms with E-state index < -0.39 is 5.60 Å². The maximum atomic E-state index is 11.5. The van der Waals surface area contributed by atoms with E-state index in [1.807, 2.05) is 20.8 Å². The van der Waals surface area contributed by atoms with Crippen molar-refractivity contribution in [1.29, 1.82) is 0 Å². The summed E-state index contributed by atoms with van der Waals surface area (Å²) in [5, 5.41) is 7.28. The number of esters is 1. The summed E-state index contributed by atoms with van der Waals surface area (Å²) >= 11 is 16.9. The second kappa shape index (κ2) is 7.82. The molecular weight excluding hydrogens is 331 g/mol. The molecule has 0 aromatic heterocycles. The predicted molar refractivity (Wildman–Crippen MR) is 91.1 cm³/mol. The van der Waals surface area contributed by atoms with Gasteiger partial charge < -0.3 is 15.4 Å². The van der Waals surface area contributed by atoms with Gasteiger partial charge in [-0.15, -0.1) is 0 Å². The number of nitrogens with one attached hydrogen (secondary N) is 2. The van der Waals surface area contributed by atoms with Crippen molar-refractivity contribution in [3.63, 3.8) is 0 Å². The first-order valence-corrected chi connectivity index (χ1v) is 7.55. The highest BCUT2D eigenvalue weighted by atomic mass is 35.5. The molecule has 0 radical (unpaired) electrons. The van der Waals surface area contributed by atoms with Crippen LogP contribution in [0, 0.1) is 0 Å². The average Bonchev–Trinajstić information content (AvgIpc) is 2.24. The maximum absolute atomic E-state index is 11.5. The molecular formula is C14H18Cl2N2O2S. The first kappa shape index (κ1) is 18.0. The van der Waals surface area contributed by atoms with E-state index in [2.05, 4.69) is 10.6 Å². The number of thiocarbonyl (C=S) groups is 1. The molecule has 0 amide bonds. The molecule has 0 saturated carbocycles. The van der Waals surface area contributed by atoms with E-state index in [-0.39, 0.29) is 12.4 Å². The second-order valence-electron chi connectivity index (χ2n) is 5.38. The third kappa shape index (κ3) is 8.09. The quantitative estimate of drug-likeness (QED) is 0.635. The molecule has 0 bridgehead atoms. The second-order valence-corrected chi connectivity index (χ2v) is 6.66. The largest absolute Gasteiger partial charge is 0.460 e. The Morgan fingerprint density at radius 1 is 1.24 bits per heavy atom. The fraction of sp³-hybridized carbons (Fsp3) is 0.429.